The number of hydrogen-bond donors (Lipinski definition) is 2. The van der Waals surface area contributed by atoms with Crippen molar-refractivity contribution in [2.24, 2.45) is 4.99 Å². The van der Waals surface area contributed by atoms with Gasteiger partial charge in [0.2, 0.25) is 5.91 Å². The number of aliphatic imine (C=N–C) groups is 1. The molecule has 0 spiro atoms. The van der Waals surface area contributed by atoms with E-state index in [4.69, 9.17) is 4.42 Å². The van der Waals surface area contributed by atoms with E-state index in [1.54, 1.807) is 6.26 Å². The van der Waals surface area contributed by atoms with Crippen LogP contribution in [-0.2, 0) is 11.3 Å². The van der Waals surface area contributed by atoms with Crippen molar-refractivity contribution < 1.29 is 9.21 Å². The first-order valence-corrected chi connectivity index (χ1v) is 7.62. The van der Waals surface area contributed by atoms with Crippen LogP contribution >= 0.6 is 0 Å². The summed E-state index contributed by atoms with van der Waals surface area (Å²) < 4.78 is 5.25. The molecule has 1 aromatic heterocycles. The summed E-state index contributed by atoms with van der Waals surface area (Å²) in [5, 5.41) is 6.35. The Labute approximate surface area is 125 Å². The molecule has 1 aromatic rings. The molecular formula is C15H24N4O2. The molecule has 0 atom stereocenters. The molecule has 21 heavy (non-hydrogen) atoms. The van der Waals surface area contributed by atoms with E-state index in [1.807, 2.05) is 24.0 Å². The van der Waals surface area contributed by atoms with Crippen molar-refractivity contribution in [2.45, 2.75) is 32.7 Å². The molecular weight excluding hydrogens is 268 g/mol. The number of nitrogens with zero attached hydrogens (tertiary/aromatic N) is 2. The number of nitrogens with one attached hydrogen (secondary N) is 2. The van der Waals surface area contributed by atoms with Crippen molar-refractivity contribution in [3.05, 3.63) is 24.2 Å². The van der Waals surface area contributed by atoms with Crippen molar-refractivity contribution in [3.63, 3.8) is 0 Å². The summed E-state index contributed by atoms with van der Waals surface area (Å²) in [5.74, 6) is 1.75. The van der Waals surface area contributed by atoms with E-state index < -0.39 is 0 Å². The minimum atomic E-state index is 0.224. The lowest BCUT2D eigenvalue weighted by Gasteiger charge is -2.16. The van der Waals surface area contributed by atoms with E-state index in [9.17, 15) is 4.79 Å². The molecule has 0 aromatic carbocycles. The van der Waals surface area contributed by atoms with Crippen LogP contribution in [0.25, 0.3) is 0 Å². The summed E-state index contributed by atoms with van der Waals surface area (Å²) in [7, 11) is 0. The predicted molar refractivity (Wildman–Crippen MR) is 82.0 cm³/mol. The van der Waals surface area contributed by atoms with Crippen LogP contribution in [0.1, 0.15) is 31.9 Å². The lowest BCUT2D eigenvalue weighted by Crippen LogP contribution is -2.39. The summed E-state index contributed by atoms with van der Waals surface area (Å²) in [6.07, 6.45) is 4.41. The number of hydrogen-bond acceptors (Lipinski definition) is 3. The third-order valence-electron chi connectivity index (χ3n) is 3.41. The van der Waals surface area contributed by atoms with Gasteiger partial charge in [-0.25, -0.2) is 4.99 Å². The summed E-state index contributed by atoms with van der Waals surface area (Å²) in [5.41, 5.74) is 0. The van der Waals surface area contributed by atoms with Gasteiger partial charge >= 0.3 is 0 Å². The largest absolute Gasteiger partial charge is 0.467 e. The quantitative estimate of drug-likeness (QED) is 0.613. The number of guanidine groups is 1. The third-order valence-corrected chi connectivity index (χ3v) is 3.41. The smallest absolute Gasteiger partial charge is 0.224 e. The lowest BCUT2D eigenvalue weighted by atomic mass is 10.3. The highest BCUT2D eigenvalue weighted by molar-refractivity contribution is 5.81. The van der Waals surface area contributed by atoms with Gasteiger partial charge in [-0.15, -0.1) is 0 Å². The van der Waals surface area contributed by atoms with E-state index in [2.05, 4.69) is 15.6 Å². The average Bonchev–Trinajstić information content (AvgIpc) is 3.17. The fraction of sp³-hybridized carbons (Fsp3) is 0.600. The van der Waals surface area contributed by atoms with Gasteiger partial charge in [0, 0.05) is 32.6 Å². The Hall–Kier alpha value is -1.98. The molecule has 0 radical (unpaired) electrons. The monoisotopic (exact) mass is 292 g/mol. The minimum absolute atomic E-state index is 0.224. The number of carbonyl (C=O) groups excluding carboxylic acids is 1. The lowest BCUT2D eigenvalue weighted by molar-refractivity contribution is -0.129. The molecule has 1 aliphatic rings. The molecule has 0 bridgehead atoms. The number of amides is 1. The van der Waals surface area contributed by atoms with Crippen LogP contribution in [0.15, 0.2) is 27.8 Å². The highest BCUT2D eigenvalue weighted by Crippen LogP contribution is 2.08. The number of likely N-dealkylation sites (tertiary alicyclic amines) is 1. The first-order chi connectivity index (χ1) is 10.3. The molecule has 0 aliphatic carbocycles. The van der Waals surface area contributed by atoms with Crippen molar-refractivity contribution in [3.8, 4) is 0 Å². The Morgan fingerprint density at radius 3 is 2.86 bits per heavy atom. The second-order valence-electron chi connectivity index (χ2n) is 5.04. The van der Waals surface area contributed by atoms with Gasteiger partial charge in [0.15, 0.2) is 5.96 Å². The molecule has 1 fully saturated rings. The van der Waals surface area contributed by atoms with E-state index >= 15 is 0 Å². The number of furan rings is 1. The Morgan fingerprint density at radius 1 is 1.38 bits per heavy atom. The maximum atomic E-state index is 11.9. The molecule has 6 nitrogen and oxygen atoms in total. The van der Waals surface area contributed by atoms with Crippen molar-refractivity contribution in [1.82, 2.24) is 15.5 Å². The fourth-order valence-corrected chi connectivity index (χ4v) is 2.31. The third kappa shape index (κ3) is 5.13. The molecule has 0 unspecified atom stereocenters. The second-order valence-corrected chi connectivity index (χ2v) is 5.04. The highest BCUT2D eigenvalue weighted by atomic mass is 16.3. The molecule has 1 amide bonds. The first kappa shape index (κ1) is 15.4. The van der Waals surface area contributed by atoms with Crippen LogP contribution in [0.4, 0.5) is 0 Å². The molecule has 1 saturated heterocycles. The minimum Gasteiger partial charge on any atom is -0.467 e. The zero-order valence-corrected chi connectivity index (χ0v) is 12.6. The summed E-state index contributed by atoms with van der Waals surface area (Å²) in [4.78, 5) is 18.3. The topological polar surface area (TPSA) is 69.9 Å². The van der Waals surface area contributed by atoms with Gasteiger partial charge in [0.25, 0.3) is 0 Å². The SMILES string of the molecule is CCNC(=NCc1ccco1)NCCC(=O)N1CCCC1. The van der Waals surface area contributed by atoms with E-state index in [-0.39, 0.29) is 5.91 Å². The number of carbonyl (C=O) groups is 1. The maximum absolute atomic E-state index is 11.9. The van der Waals surface area contributed by atoms with Gasteiger partial charge in [-0.1, -0.05) is 0 Å². The van der Waals surface area contributed by atoms with Gasteiger partial charge < -0.3 is 20.0 Å². The Bertz CT molecular complexity index is 450. The van der Waals surface area contributed by atoms with Gasteiger partial charge in [0.05, 0.1) is 6.26 Å². The van der Waals surface area contributed by atoms with Gasteiger partial charge in [-0.2, -0.15) is 0 Å². The molecule has 2 heterocycles. The molecule has 0 saturated carbocycles. The zero-order valence-electron chi connectivity index (χ0n) is 12.6. The van der Waals surface area contributed by atoms with Gasteiger partial charge in [0.1, 0.15) is 12.3 Å². The zero-order chi connectivity index (χ0) is 14.9. The second kappa shape index (κ2) is 8.34. The molecule has 2 rings (SSSR count). The van der Waals surface area contributed by atoms with Crippen molar-refractivity contribution in [1.29, 1.82) is 0 Å². The maximum Gasteiger partial charge on any atom is 0.224 e. The highest BCUT2D eigenvalue weighted by Gasteiger charge is 2.17. The Morgan fingerprint density at radius 2 is 2.19 bits per heavy atom. The van der Waals surface area contributed by atoms with Gasteiger partial charge in [-0.3, -0.25) is 4.79 Å². The molecule has 116 valence electrons. The van der Waals surface area contributed by atoms with E-state index in [0.29, 0.717) is 25.5 Å². The summed E-state index contributed by atoms with van der Waals surface area (Å²) in [6.45, 7) is 5.70. The van der Waals surface area contributed by atoms with E-state index in [1.165, 1.54) is 0 Å². The van der Waals surface area contributed by atoms with Crippen LogP contribution < -0.4 is 10.6 Å². The Kier molecular flexibility index (Phi) is 6.12. The van der Waals surface area contributed by atoms with Crippen LogP contribution in [0.3, 0.4) is 0 Å². The molecule has 6 heteroatoms. The number of rotatable bonds is 6. The standard InChI is InChI=1S/C15H24N4O2/c1-2-16-15(18-12-13-6-5-11-21-13)17-8-7-14(20)19-9-3-4-10-19/h5-6,11H,2-4,7-10,12H2,1H3,(H2,16,17,18). The van der Waals surface area contributed by atoms with Crippen LogP contribution in [0.2, 0.25) is 0 Å². The average molecular weight is 292 g/mol. The fourth-order valence-electron chi connectivity index (χ4n) is 2.31. The van der Waals surface area contributed by atoms with Crippen LogP contribution in [0, 0.1) is 0 Å². The normalized spacial score (nSPS) is 15.3. The Balaban J connectivity index is 1.74. The van der Waals surface area contributed by atoms with Crippen molar-refractivity contribution >= 4 is 11.9 Å². The van der Waals surface area contributed by atoms with Crippen LogP contribution in [-0.4, -0.2) is 42.9 Å². The summed E-state index contributed by atoms with van der Waals surface area (Å²) in [6, 6.07) is 3.74. The molecule has 1 aliphatic heterocycles. The van der Waals surface area contributed by atoms with Crippen LogP contribution in [0.5, 0.6) is 0 Å². The van der Waals surface area contributed by atoms with Crippen molar-refractivity contribution in [2.75, 3.05) is 26.2 Å². The van der Waals surface area contributed by atoms with Gasteiger partial charge in [-0.05, 0) is 31.9 Å². The molecule has 2 N–H and O–H groups in total. The van der Waals surface area contributed by atoms with E-state index in [0.717, 1.165) is 38.2 Å². The summed E-state index contributed by atoms with van der Waals surface area (Å²) >= 11 is 0. The first-order valence-electron chi connectivity index (χ1n) is 7.62. The predicted octanol–water partition coefficient (Wildman–Crippen LogP) is 1.35.